The molecule has 1 aliphatic heterocycles. The molecule has 1 aromatic heterocycles. The van der Waals surface area contributed by atoms with E-state index in [1.807, 2.05) is 38.2 Å². The van der Waals surface area contributed by atoms with Crippen LogP contribution >= 0.6 is 24.8 Å². The third kappa shape index (κ3) is 5.35. The second-order valence-electron chi connectivity index (χ2n) is 6.32. The summed E-state index contributed by atoms with van der Waals surface area (Å²) in [7, 11) is 2.03. The second-order valence-corrected chi connectivity index (χ2v) is 6.32. The Bertz CT molecular complexity index is 684. The molecule has 0 unspecified atom stereocenters. The van der Waals surface area contributed by atoms with Gasteiger partial charge in [-0.1, -0.05) is 18.2 Å². The number of benzene rings is 1. The van der Waals surface area contributed by atoms with Gasteiger partial charge in [0.25, 0.3) is 0 Å². The van der Waals surface area contributed by atoms with Gasteiger partial charge in [0.2, 0.25) is 5.91 Å². The first-order valence-electron chi connectivity index (χ1n) is 8.30. The summed E-state index contributed by atoms with van der Waals surface area (Å²) < 4.78 is 5.83. The van der Waals surface area contributed by atoms with E-state index in [0.29, 0.717) is 19.1 Å². The molecule has 1 fully saturated rings. The number of fused-ring (bicyclic) bond motifs is 1. The number of piperidine rings is 1. The molecule has 1 aliphatic rings. The lowest BCUT2D eigenvalue weighted by Gasteiger charge is -2.31. The summed E-state index contributed by atoms with van der Waals surface area (Å²) in [6.45, 7) is 4.99. The molecule has 0 bridgehead atoms. The average Bonchev–Trinajstić information content (AvgIpc) is 2.90. The molecule has 3 rings (SSSR count). The number of rotatable bonds is 5. The number of hydrogen-bond acceptors (Lipinski definition) is 4. The number of aryl methyl sites for hydroxylation is 1. The van der Waals surface area contributed by atoms with E-state index in [1.54, 1.807) is 0 Å². The van der Waals surface area contributed by atoms with Gasteiger partial charge in [-0.15, -0.1) is 24.8 Å². The molecule has 2 aromatic rings. The van der Waals surface area contributed by atoms with E-state index in [0.717, 1.165) is 48.2 Å². The lowest BCUT2D eigenvalue weighted by atomic mass is 10.1. The van der Waals surface area contributed by atoms with E-state index in [1.165, 1.54) is 0 Å². The first-order valence-corrected chi connectivity index (χ1v) is 8.30. The molecule has 1 amide bonds. The van der Waals surface area contributed by atoms with Crippen molar-refractivity contribution in [3.8, 4) is 0 Å². The Morgan fingerprint density at radius 1 is 1.28 bits per heavy atom. The Morgan fingerprint density at radius 3 is 2.64 bits per heavy atom. The van der Waals surface area contributed by atoms with Crippen LogP contribution in [0.1, 0.15) is 24.2 Å². The highest BCUT2D eigenvalue weighted by Gasteiger charge is 2.19. The lowest BCUT2D eigenvalue weighted by Crippen LogP contribution is -2.45. The maximum atomic E-state index is 12.2. The molecule has 7 heteroatoms. The number of hydrogen-bond donors (Lipinski definition) is 2. The van der Waals surface area contributed by atoms with Crippen LogP contribution in [-0.2, 0) is 11.3 Å². The average molecular weight is 388 g/mol. The van der Waals surface area contributed by atoms with Crippen LogP contribution in [0.15, 0.2) is 28.7 Å². The highest BCUT2D eigenvalue weighted by atomic mass is 35.5. The molecule has 140 valence electrons. The highest BCUT2D eigenvalue weighted by Crippen LogP contribution is 2.24. The number of nitrogens with one attached hydrogen (secondary N) is 2. The number of carbonyl (C=O) groups excluding carboxylic acids is 1. The van der Waals surface area contributed by atoms with Crippen molar-refractivity contribution in [2.24, 2.45) is 0 Å². The number of carbonyl (C=O) groups is 1. The van der Waals surface area contributed by atoms with Gasteiger partial charge in [0.1, 0.15) is 11.3 Å². The van der Waals surface area contributed by atoms with Crippen LogP contribution in [0.2, 0.25) is 0 Å². The summed E-state index contributed by atoms with van der Waals surface area (Å²) in [6.07, 6.45) is 2.21. The number of likely N-dealkylation sites (N-methyl/N-ethyl adjacent to an activating group) is 1. The Kier molecular flexibility index (Phi) is 8.73. The molecular weight excluding hydrogens is 361 g/mol. The summed E-state index contributed by atoms with van der Waals surface area (Å²) in [5.74, 6) is 0.884. The van der Waals surface area contributed by atoms with Gasteiger partial charge in [-0.05, 0) is 46.0 Å². The van der Waals surface area contributed by atoms with Crippen LogP contribution in [0, 0.1) is 6.92 Å². The van der Waals surface area contributed by atoms with Crippen LogP contribution in [-0.4, -0.2) is 43.5 Å². The lowest BCUT2D eigenvalue weighted by molar-refractivity contribution is -0.122. The van der Waals surface area contributed by atoms with Gasteiger partial charge in [-0.2, -0.15) is 0 Å². The third-order valence-electron chi connectivity index (χ3n) is 4.71. The molecule has 5 nitrogen and oxygen atoms in total. The molecular formula is C18H27Cl2N3O2. The fraction of sp³-hybridized carbons (Fsp3) is 0.500. The van der Waals surface area contributed by atoms with Gasteiger partial charge in [0.05, 0.1) is 13.1 Å². The Labute approximate surface area is 161 Å². The van der Waals surface area contributed by atoms with E-state index in [4.69, 9.17) is 4.42 Å². The normalized spacial score (nSPS) is 14.8. The zero-order chi connectivity index (χ0) is 16.2. The van der Waals surface area contributed by atoms with Crippen molar-refractivity contribution in [2.75, 3.05) is 26.7 Å². The molecule has 1 saturated heterocycles. The predicted octanol–water partition coefficient (Wildman–Crippen LogP) is 2.88. The number of para-hydroxylation sites is 1. The van der Waals surface area contributed by atoms with Crippen molar-refractivity contribution >= 4 is 41.7 Å². The quantitative estimate of drug-likeness (QED) is 0.827. The standard InChI is InChI=1S/C18H25N3O2.2ClH/c1-13-15-5-3-4-6-16(15)23-17(13)11-20-18(22)12-21(2)14-7-9-19-10-8-14;;/h3-6,14,19H,7-12H2,1-2H3,(H,20,22);2*1H. The number of nitrogens with zero attached hydrogens (tertiary/aromatic N) is 1. The van der Waals surface area contributed by atoms with Crippen molar-refractivity contribution in [3.63, 3.8) is 0 Å². The summed E-state index contributed by atoms with van der Waals surface area (Å²) in [6, 6.07) is 8.46. The van der Waals surface area contributed by atoms with E-state index in [-0.39, 0.29) is 30.7 Å². The molecule has 2 heterocycles. The van der Waals surface area contributed by atoms with Gasteiger partial charge in [0, 0.05) is 17.0 Å². The van der Waals surface area contributed by atoms with Crippen LogP contribution < -0.4 is 10.6 Å². The van der Waals surface area contributed by atoms with Gasteiger partial charge >= 0.3 is 0 Å². The summed E-state index contributed by atoms with van der Waals surface area (Å²) in [5, 5.41) is 7.44. The van der Waals surface area contributed by atoms with E-state index >= 15 is 0 Å². The number of furan rings is 1. The molecule has 25 heavy (non-hydrogen) atoms. The minimum Gasteiger partial charge on any atom is -0.459 e. The summed E-state index contributed by atoms with van der Waals surface area (Å²) >= 11 is 0. The van der Waals surface area contributed by atoms with Crippen LogP contribution in [0.25, 0.3) is 11.0 Å². The van der Waals surface area contributed by atoms with Crippen molar-refractivity contribution < 1.29 is 9.21 Å². The first-order chi connectivity index (χ1) is 11.1. The van der Waals surface area contributed by atoms with Crippen molar-refractivity contribution in [3.05, 3.63) is 35.6 Å². The molecule has 0 radical (unpaired) electrons. The Balaban J connectivity index is 0.00000156. The second kappa shape index (κ2) is 10.0. The molecule has 0 spiro atoms. The number of halogens is 2. The van der Waals surface area contributed by atoms with Crippen molar-refractivity contribution in [2.45, 2.75) is 32.4 Å². The third-order valence-corrected chi connectivity index (χ3v) is 4.71. The van der Waals surface area contributed by atoms with Gasteiger partial charge in [0.15, 0.2) is 0 Å². The highest BCUT2D eigenvalue weighted by molar-refractivity contribution is 5.85. The monoisotopic (exact) mass is 387 g/mol. The van der Waals surface area contributed by atoms with Crippen molar-refractivity contribution in [1.29, 1.82) is 0 Å². The fourth-order valence-electron chi connectivity index (χ4n) is 3.23. The SMILES string of the molecule is Cc1c(CNC(=O)CN(C)C2CCNCC2)oc2ccccc12.Cl.Cl. The predicted molar refractivity (Wildman–Crippen MR) is 106 cm³/mol. The number of amides is 1. The van der Waals surface area contributed by atoms with Crippen LogP contribution in [0.5, 0.6) is 0 Å². The van der Waals surface area contributed by atoms with Gasteiger partial charge in [-0.25, -0.2) is 0 Å². The zero-order valence-corrected chi connectivity index (χ0v) is 16.3. The van der Waals surface area contributed by atoms with E-state index in [2.05, 4.69) is 15.5 Å². The van der Waals surface area contributed by atoms with Crippen LogP contribution in [0.3, 0.4) is 0 Å². The van der Waals surface area contributed by atoms with Crippen LogP contribution in [0.4, 0.5) is 0 Å². The molecule has 1 aromatic carbocycles. The van der Waals surface area contributed by atoms with Gasteiger partial charge in [-0.3, -0.25) is 9.69 Å². The maximum Gasteiger partial charge on any atom is 0.234 e. The summed E-state index contributed by atoms with van der Waals surface area (Å²) in [4.78, 5) is 14.3. The van der Waals surface area contributed by atoms with E-state index < -0.39 is 0 Å². The van der Waals surface area contributed by atoms with E-state index in [9.17, 15) is 4.79 Å². The topological polar surface area (TPSA) is 57.5 Å². The maximum absolute atomic E-state index is 12.2. The largest absolute Gasteiger partial charge is 0.459 e. The Morgan fingerprint density at radius 2 is 1.96 bits per heavy atom. The zero-order valence-electron chi connectivity index (χ0n) is 14.7. The smallest absolute Gasteiger partial charge is 0.234 e. The molecule has 0 saturated carbocycles. The minimum atomic E-state index is 0. The fourth-order valence-corrected chi connectivity index (χ4v) is 3.23. The molecule has 0 aliphatic carbocycles. The summed E-state index contributed by atoms with van der Waals surface area (Å²) in [5.41, 5.74) is 1.98. The van der Waals surface area contributed by atoms with Crippen molar-refractivity contribution in [1.82, 2.24) is 15.5 Å². The molecule has 0 atom stereocenters. The minimum absolute atomic E-state index is 0. The first kappa shape index (κ1) is 21.8. The van der Waals surface area contributed by atoms with Gasteiger partial charge < -0.3 is 15.1 Å². The Hall–Kier alpha value is -1.27. The molecule has 2 N–H and O–H groups in total.